The summed E-state index contributed by atoms with van der Waals surface area (Å²) in [4.78, 5) is 0. The highest BCUT2D eigenvalue weighted by Crippen LogP contribution is 2.28. The van der Waals surface area contributed by atoms with Crippen molar-refractivity contribution >= 4 is 12.4 Å². The SMILES string of the molecule is CC(C)(C)[C@H](N)C[C@@H](O)c1cc(F)ccc1F.Cl. The van der Waals surface area contributed by atoms with Gasteiger partial charge in [0.2, 0.25) is 0 Å². The number of nitrogens with two attached hydrogens (primary N) is 1. The van der Waals surface area contributed by atoms with E-state index in [0.29, 0.717) is 0 Å². The van der Waals surface area contributed by atoms with Gasteiger partial charge in [0, 0.05) is 11.6 Å². The highest BCUT2D eigenvalue weighted by molar-refractivity contribution is 5.85. The largest absolute Gasteiger partial charge is 0.388 e. The zero-order valence-electron chi connectivity index (χ0n) is 10.8. The molecule has 0 bridgehead atoms. The average Bonchev–Trinajstić information content (AvgIpc) is 2.20. The first kappa shape index (κ1) is 17.3. The fourth-order valence-corrected chi connectivity index (χ4v) is 1.49. The summed E-state index contributed by atoms with van der Waals surface area (Å²) in [5, 5.41) is 9.87. The lowest BCUT2D eigenvalue weighted by Crippen LogP contribution is -2.36. The van der Waals surface area contributed by atoms with Crippen molar-refractivity contribution in [3.05, 3.63) is 35.4 Å². The number of benzene rings is 1. The van der Waals surface area contributed by atoms with Crippen molar-refractivity contribution in [3.63, 3.8) is 0 Å². The molecule has 0 aliphatic heterocycles. The van der Waals surface area contributed by atoms with Gasteiger partial charge in [0.1, 0.15) is 11.6 Å². The molecule has 0 unspecified atom stereocenters. The van der Waals surface area contributed by atoms with Gasteiger partial charge in [-0.25, -0.2) is 8.78 Å². The van der Waals surface area contributed by atoms with Crippen LogP contribution in [0.15, 0.2) is 18.2 Å². The van der Waals surface area contributed by atoms with E-state index in [-0.39, 0.29) is 35.8 Å². The van der Waals surface area contributed by atoms with Crippen LogP contribution < -0.4 is 5.73 Å². The van der Waals surface area contributed by atoms with E-state index < -0.39 is 17.7 Å². The molecule has 0 saturated heterocycles. The number of aliphatic hydroxyl groups excluding tert-OH is 1. The van der Waals surface area contributed by atoms with E-state index in [0.717, 1.165) is 18.2 Å². The fourth-order valence-electron chi connectivity index (χ4n) is 1.49. The van der Waals surface area contributed by atoms with E-state index in [1.165, 1.54) is 0 Å². The molecule has 104 valence electrons. The maximum absolute atomic E-state index is 13.4. The molecule has 0 amide bonds. The number of aliphatic hydroxyl groups is 1. The topological polar surface area (TPSA) is 46.2 Å². The second-order valence-corrected chi connectivity index (χ2v) is 5.39. The third-order valence-electron chi connectivity index (χ3n) is 2.91. The third-order valence-corrected chi connectivity index (χ3v) is 2.91. The molecule has 0 saturated carbocycles. The Morgan fingerprint density at radius 1 is 1.28 bits per heavy atom. The molecule has 1 aromatic rings. The lowest BCUT2D eigenvalue weighted by atomic mass is 9.83. The molecular formula is C13H20ClF2NO. The van der Waals surface area contributed by atoms with Gasteiger partial charge in [-0.2, -0.15) is 0 Å². The van der Waals surface area contributed by atoms with Gasteiger partial charge < -0.3 is 10.8 Å². The molecule has 0 radical (unpaired) electrons. The van der Waals surface area contributed by atoms with Crippen molar-refractivity contribution in [2.45, 2.75) is 39.3 Å². The molecular weight excluding hydrogens is 260 g/mol. The van der Waals surface area contributed by atoms with Gasteiger partial charge in [-0.1, -0.05) is 20.8 Å². The monoisotopic (exact) mass is 279 g/mol. The maximum Gasteiger partial charge on any atom is 0.129 e. The molecule has 5 heteroatoms. The second-order valence-electron chi connectivity index (χ2n) is 5.39. The van der Waals surface area contributed by atoms with Crippen LogP contribution in [0.3, 0.4) is 0 Å². The van der Waals surface area contributed by atoms with Crippen LogP contribution >= 0.6 is 12.4 Å². The Morgan fingerprint density at radius 2 is 1.83 bits per heavy atom. The first-order valence-corrected chi connectivity index (χ1v) is 5.60. The first-order valence-electron chi connectivity index (χ1n) is 5.60. The molecule has 0 aliphatic rings. The Hall–Kier alpha value is -0.710. The predicted octanol–water partition coefficient (Wildman–Crippen LogP) is 3.18. The maximum atomic E-state index is 13.4. The summed E-state index contributed by atoms with van der Waals surface area (Å²) in [7, 11) is 0. The molecule has 0 aromatic heterocycles. The quantitative estimate of drug-likeness (QED) is 0.893. The van der Waals surface area contributed by atoms with Crippen LogP contribution in [0.25, 0.3) is 0 Å². The summed E-state index contributed by atoms with van der Waals surface area (Å²) in [5.74, 6) is -1.18. The van der Waals surface area contributed by atoms with Gasteiger partial charge in [-0.15, -0.1) is 12.4 Å². The van der Waals surface area contributed by atoms with Crippen molar-refractivity contribution < 1.29 is 13.9 Å². The van der Waals surface area contributed by atoms with Crippen LogP contribution in [0.1, 0.15) is 38.9 Å². The van der Waals surface area contributed by atoms with Crippen LogP contribution in [0.2, 0.25) is 0 Å². The van der Waals surface area contributed by atoms with Gasteiger partial charge in [-0.3, -0.25) is 0 Å². The zero-order valence-corrected chi connectivity index (χ0v) is 11.6. The molecule has 18 heavy (non-hydrogen) atoms. The van der Waals surface area contributed by atoms with Crippen LogP contribution in [0, 0.1) is 17.0 Å². The molecule has 0 aliphatic carbocycles. The fraction of sp³-hybridized carbons (Fsp3) is 0.538. The summed E-state index contributed by atoms with van der Waals surface area (Å²) in [6.07, 6.45) is -0.885. The molecule has 2 atom stereocenters. The van der Waals surface area contributed by atoms with Crippen molar-refractivity contribution in [2.24, 2.45) is 11.1 Å². The van der Waals surface area contributed by atoms with Gasteiger partial charge in [0.15, 0.2) is 0 Å². The Labute approximate surface area is 113 Å². The van der Waals surface area contributed by atoms with Crippen LogP contribution in [-0.4, -0.2) is 11.1 Å². The molecule has 2 nitrogen and oxygen atoms in total. The lowest BCUT2D eigenvalue weighted by Gasteiger charge is -2.29. The number of hydrogen-bond donors (Lipinski definition) is 2. The summed E-state index contributed by atoms with van der Waals surface area (Å²) < 4.78 is 26.4. The third kappa shape index (κ3) is 4.52. The summed E-state index contributed by atoms with van der Waals surface area (Å²) >= 11 is 0. The minimum atomic E-state index is -1.08. The van der Waals surface area contributed by atoms with Gasteiger partial charge in [0.05, 0.1) is 6.10 Å². The van der Waals surface area contributed by atoms with E-state index >= 15 is 0 Å². The minimum Gasteiger partial charge on any atom is -0.388 e. The number of halogens is 3. The predicted molar refractivity (Wildman–Crippen MR) is 70.6 cm³/mol. The minimum absolute atomic E-state index is 0. The van der Waals surface area contributed by atoms with Gasteiger partial charge in [0.25, 0.3) is 0 Å². The molecule has 0 heterocycles. The summed E-state index contributed by atoms with van der Waals surface area (Å²) in [6.45, 7) is 5.81. The molecule has 0 spiro atoms. The lowest BCUT2D eigenvalue weighted by molar-refractivity contribution is 0.129. The van der Waals surface area contributed by atoms with Crippen LogP contribution in [0.5, 0.6) is 0 Å². The van der Waals surface area contributed by atoms with Crippen molar-refractivity contribution in [1.82, 2.24) is 0 Å². The average molecular weight is 280 g/mol. The normalized spacial score (nSPS) is 14.8. The zero-order chi connectivity index (χ0) is 13.2. The highest BCUT2D eigenvalue weighted by Gasteiger charge is 2.25. The van der Waals surface area contributed by atoms with Gasteiger partial charge >= 0.3 is 0 Å². The highest BCUT2D eigenvalue weighted by atomic mass is 35.5. The Kier molecular flexibility index (Phi) is 6.20. The second kappa shape index (κ2) is 6.45. The van der Waals surface area contributed by atoms with E-state index in [1.807, 2.05) is 20.8 Å². The first-order chi connectivity index (χ1) is 7.71. The van der Waals surface area contributed by atoms with E-state index in [9.17, 15) is 13.9 Å². The number of hydrogen-bond acceptors (Lipinski definition) is 2. The Balaban J connectivity index is 0.00000289. The van der Waals surface area contributed by atoms with Crippen LogP contribution in [0.4, 0.5) is 8.78 Å². The molecule has 1 rings (SSSR count). The number of rotatable bonds is 3. The molecule has 1 aromatic carbocycles. The molecule has 0 fully saturated rings. The van der Waals surface area contributed by atoms with E-state index in [4.69, 9.17) is 5.73 Å². The Bertz CT molecular complexity index is 393. The van der Waals surface area contributed by atoms with E-state index in [1.54, 1.807) is 0 Å². The van der Waals surface area contributed by atoms with Gasteiger partial charge in [-0.05, 0) is 30.0 Å². The van der Waals surface area contributed by atoms with Crippen molar-refractivity contribution in [2.75, 3.05) is 0 Å². The van der Waals surface area contributed by atoms with E-state index in [2.05, 4.69) is 0 Å². The Morgan fingerprint density at radius 3 is 2.33 bits per heavy atom. The summed E-state index contributed by atoms with van der Waals surface area (Å²) in [5.41, 5.74) is 5.67. The van der Waals surface area contributed by atoms with Crippen LogP contribution in [-0.2, 0) is 0 Å². The van der Waals surface area contributed by atoms with Crippen molar-refractivity contribution in [3.8, 4) is 0 Å². The summed E-state index contributed by atoms with van der Waals surface area (Å²) in [6, 6.07) is 2.75. The standard InChI is InChI=1S/C13H19F2NO.ClH/c1-13(2,3)12(16)7-11(17)9-6-8(14)4-5-10(9)15;/h4-6,11-12,17H,7,16H2,1-3H3;1H/t11-,12-;/m1./s1. The smallest absolute Gasteiger partial charge is 0.129 e. The molecule has 3 N–H and O–H groups in total. The van der Waals surface area contributed by atoms with Crippen molar-refractivity contribution in [1.29, 1.82) is 0 Å².